The van der Waals surface area contributed by atoms with Crippen LogP contribution in [0.5, 0.6) is 0 Å². The number of hydrogen-bond acceptors (Lipinski definition) is 2. The fraction of sp³-hybridized carbons (Fsp3) is 0.833. The van der Waals surface area contributed by atoms with E-state index in [1.807, 2.05) is 0 Å². The third-order valence-electron chi connectivity index (χ3n) is 1.55. The molecule has 0 radical (unpaired) electrons. The van der Waals surface area contributed by atoms with Gasteiger partial charge in [-0.25, -0.2) is 0 Å². The van der Waals surface area contributed by atoms with Gasteiger partial charge in [0.15, 0.2) is 0 Å². The summed E-state index contributed by atoms with van der Waals surface area (Å²) in [6.45, 7) is 0.527. The van der Waals surface area contributed by atoms with Crippen LogP contribution in [-0.2, 0) is 4.79 Å². The molecule has 0 aliphatic rings. The highest BCUT2D eigenvalue weighted by atomic mass is 19.3. The minimum atomic E-state index is -5.96. The van der Waals surface area contributed by atoms with Gasteiger partial charge in [-0.2, -0.15) is 26.3 Å². The van der Waals surface area contributed by atoms with E-state index in [1.54, 1.807) is 0 Å². The van der Waals surface area contributed by atoms with Crippen LogP contribution in [0.25, 0.3) is 0 Å². The Balaban J connectivity index is 5.24. The van der Waals surface area contributed by atoms with Gasteiger partial charge in [-0.3, -0.25) is 0 Å². The molecule has 0 unspecified atom stereocenters. The third-order valence-corrected chi connectivity index (χ3v) is 1.55. The summed E-state index contributed by atoms with van der Waals surface area (Å²) in [5.74, 6) is -20.5. The molecule has 0 aliphatic heterocycles. The maximum atomic E-state index is 12.3. The lowest BCUT2D eigenvalue weighted by Gasteiger charge is -2.32. The maximum Gasteiger partial charge on any atom is 0.377 e. The molecule has 14 heavy (non-hydrogen) atoms. The molecule has 0 aliphatic carbocycles. The number of carbonyl (C=O) groups is 1. The number of aliphatic carboxylic acids is 1. The molecule has 0 atom stereocenters. The molecule has 0 aromatic carbocycles. The average molecular weight is 223 g/mol. The number of alkyl halides is 6. The van der Waals surface area contributed by atoms with E-state index in [0.717, 1.165) is 0 Å². The van der Waals surface area contributed by atoms with Gasteiger partial charge in [-0.15, -0.1) is 0 Å². The number of carboxylic acids is 1. The molecule has 0 amide bonds. The molecule has 8 heteroatoms. The Hall–Kier alpha value is -0.950. The molecule has 0 rings (SSSR count). The lowest BCUT2D eigenvalue weighted by Crippen LogP contribution is -2.61. The second-order valence-corrected chi connectivity index (χ2v) is 2.49. The van der Waals surface area contributed by atoms with E-state index in [4.69, 9.17) is 0 Å². The van der Waals surface area contributed by atoms with Crippen LogP contribution in [0.2, 0.25) is 0 Å². The average Bonchev–Trinajstić information content (AvgIpc) is 2.03. The molecule has 0 saturated carbocycles. The van der Waals surface area contributed by atoms with Crippen molar-refractivity contribution in [2.24, 2.45) is 0 Å². The van der Waals surface area contributed by atoms with E-state index in [1.165, 1.54) is 0 Å². The second-order valence-electron chi connectivity index (χ2n) is 2.49. The Morgan fingerprint density at radius 1 is 1.14 bits per heavy atom. The zero-order valence-corrected chi connectivity index (χ0v) is 6.79. The van der Waals surface area contributed by atoms with Crippen LogP contribution in [0.15, 0.2) is 0 Å². The molecule has 0 fully saturated rings. The van der Waals surface area contributed by atoms with Crippen molar-refractivity contribution in [1.29, 1.82) is 0 Å². The molecule has 0 bridgehead atoms. The molecular weight excluding hydrogens is 218 g/mol. The minimum Gasteiger partial charge on any atom is -0.544 e. The Labute approximate surface area is 74.5 Å². The van der Waals surface area contributed by atoms with Gasteiger partial charge < -0.3 is 9.90 Å². The quantitative estimate of drug-likeness (QED) is 0.668. The van der Waals surface area contributed by atoms with Gasteiger partial charge in [0.2, 0.25) is 0 Å². The van der Waals surface area contributed by atoms with Crippen LogP contribution in [0.1, 0.15) is 13.3 Å². The summed E-state index contributed by atoms with van der Waals surface area (Å²) >= 11 is 0. The monoisotopic (exact) mass is 223 g/mol. The third kappa shape index (κ3) is 1.64. The highest BCUT2D eigenvalue weighted by Crippen LogP contribution is 2.46. The van der Waals surface area contributed by atoms with Gasteiger partial charge in [-0.1, -0.05) is 6.92 Å². The van der Waals surface area contributed by atoms with E-state index in [0.29, 0.717) is 6.92 Å². The van der Waals surface area contributed by atoms with E-state index >= 15 is 0 Å². The van der Waals surface area contributed by atoms with E-state index in [9.17, 15) is 36.2 Å². The van der Waals surface area contributed by atoms with Gasteiger partial charge in [0.25, 0.3) is 0 Å². The van der Waals surface area contributed by atoms with Crippen LogP contribution in [0.4, 0.5) is 26.3 Å². The molecule has 0 aromatic rings. The zero-order chi connectivity index (χ0) is 11.8. The van der Waals surface area contributed by atoms with Crippen molar-refractivity contribution in [2.45, 2.75) is 31.1 Å². The van der Waals surface area contributed by atoms with Crippen LogP contribution in [0, 0.1) is 0 Å². The van der Waals surface area contributed by atoms with Crippen LogP contribution < -0.4 is 5.11 Å². The predicted octanol–water partition coefficient (Wildman–Crippen LogP) is 1.05. The first-order chi connectivity index (χ1) is 6.00. The van der Waals surface area contributed by atoms with Crippen molar-refractivity contribution in [3.05, 3.63) is 0 Å². The van der Waals surface area contributed by atoms with Crippen LogP contribution >= 0.6 is 0 Å². The highest BCUT2D eigenvalue weighted by Gasteiger charge is 2.71. The number of hydrogen-bond donors (Lipinski definition) is 0. The summed E-state index contributed by atoms with van der Waals surface area (Å²) in [4.78, 5) is 9.56. The topological polar surface area (TPSA) is 40.1 Å². The Kier molecular flexibility index (Phi) is 3.10. The summed E-state index contributed by atoms with van der Waals surface area (Å²) in [6.07, 6.45) is -1.61. The standard InChI is InChI=1S/C6H6F6O2/c1-2-4(7,8)6(11,12)5(9,10)3(13)14/h2H2,1H3,(H,13,14)/p-1. The highest BCUT2D eigenvalue weighted by molar-refractivity contribution is 5.74. The molecule has 0 saturated heterocycles. The molecule has 2 nitrogen and oxygen atoms in total. The van der Waals surface area contributed by atoms with Gasteiger partial charge in [-0.05, 0) is 0 Å². The lowest BCUT2D eigenvalue weighted by atomic mass is 10.0. The molecule has 84 valence electrons. The largest absolute Gasteiger partial charge is 0.544 e. The second kappa shape index (κ2) is 3.32. The van der Waals surface area contributed by atoms with Crippen molar-refractivity contribution in [3.8, 4) is 0 Å². The smallest absolute Gasteiger partial charge is 0.377 e. The zero-order valence-electron chi connectivity index (χ0n) is 6.79. The molecular formula is C6H5F6O2-. The summed E-state index contributed by atoms with van der Waals surface area (Å²) < 4.78 is 73.4. The van der Waals surface area contributed by atoms with Crippen molar-refractivity contribution >= 4 is 5.97 Å². The fourth-order valence-corrected chi connectivity index (χ4v) is 0.580. The molecule has 0 heterocycles. The fourth-order valence-electron chi connectivity index (χ4n) is 0.580. The van der Waals surface area contributed by atoms with Crippen molar-refractivity contribution in [1.82, 2.24) is 0 Å². The van der Waals surface area contributed by atoms with Crippen LogP contribution in [0.3, 0.4) is 0 Å². The van der Waals surface area contributed by atoms with Crippen molar-refractivity contribution in [3.63, 3.8) is 0 Å². The summed E-state index contributed by atoms with van der Waals surface area (Å²) in [5.41, 5.74) is 0. The van der Waals surface area contributed by atoms with Gasteiger partial charge in [0, 0.05) is 6.42 Å². The number of rotatable bonds is 4. The molecule has 0 N–H and O–H groups in total. The first-order valence-corrected chi connectivity index (χ1v) is 3.35. The maximum absolute atomic E-state index is 12.3. The first kappa shape index (κ1) is 13.1. The normalized spacial score (nSPS) is 14.2. The lowest BCUT2D eigenvalue weighted by molar-refractivity contribution is -0.369. The predicted molar refractivity (Wildman–Crippen MR) is 30.1 cm³/mol. The Morgan fingerprint density at radius 3 is 1.71 bits per heavy atom. The minimum absolute atomic E-state index is 0.527. The molecule has 0 aromatic heterocycles. The Bertz CT molecular complexity index is 236. The summed E-state index contributed by atoms with van der Waals surface area (Å²) in [6, 6.07) is 0. The van der Waals surface area contributed by atoms with E-state index in [-0.39, 0.29) is 0 Å². The Morgan fingerprint density at radius 2 is 1.50 bits per heavy atom. The summed E-state index contributed by atoms with van der Waals surface area (Å²) in [5, 5.41) is 9.56. The SMILES string of the molecule is CCC(F)(F)C(F)(F)C(F)(F)C(=O)[O-]. The van der Waals surface area contributed by atoms with Gasteiger partial charge in [0.05, 0.1) is 0 Å². The van der Waals surface area contributed by atoms with Gasteiger partial charge in [0.1, 0.15) is 5.97 Å². The van der Waals surface area contributed by atoms with E-state index in [2.05, 4.69) is 0 Å². The van der Waals surface area contributed by atoms with Crippen molar-refractivity contribution in [2.75, 3.05) is 0 Å². The number of carboxylic acid groups (broad SMARTS) is 1. The number of halogens is 6. The first-order valence-electron chi connectivity index (χ1n) is 3.35. The molecule has 0 spiro atoms. The summed E-state index contributed by atoms with van der Waals surface area (Å²) in [7, 11) is 0. The van der Waals surface area contributed by atoms with Gasteiger partial charge >= 0.3 is 17.8 Å². The van der Waals surface area contributed by atoms with Crippen molar-refractivity contribution < 1.29 is 36.2 Å². The van der Waals surface area contributed by atoms with E-state index < -0.39 is 30.2 Å². The number of carbonyl (C=O) groups excluding carboxylic acids is 1. The van der Waals surface area contributed by atoms with Crippen LogP contribution in [-0.4, -0.2) is 23.7 Å².